The Balaban J connectivity index is 2.42. The van der Waals surface area contributed by atoms with Crippen LogP contribution in [0.25, 0.3) is 0 Å². The molecule has 5 nitrogen and oxygen atoms in total. The summed E-state index contributed by atoms with van der Waals surface area (Å²) in [5.41, 5.74) is 5.15. The Morgan fingerprint density at radius 2 is 2.11 bits per heavy atom. The maximum absolute atomic E-state index is 13.7. The molecule has 0 saturated heterocycles. The number of likely N-dealkylation sites (N-methyl/N-ethyl adjacent to an activating group) is 1. The maximum atomic E-state index is 13.7. The highest BCUT2D eigenvalue weighted by atomic mass is 32.2. The predicted molar refractivity (Wildman–Crippen MR) is 69.4 cm³/mol. The molecule has 1 saturated carbocycles. The molecule has 1 aliphatic carbocycles. The van der Waals surface area contributed by atoms with Crippen LogP contribution in [0.1, 0.15) is 25.7 Å². The Hall–Kier alpha value is -1.05. The molecule has 1 aromatic rings. The average Bonchev–Trinajstić information content (AvgIpc) is 2.88. The molecule has 0 aliphatic heterocycles. The highest BCUT2D eigenvalue weighted by Crippen LogP contribution is 2.36. The molecule has 0 atom stereocenters. The molecular formula is C12H18FN3O2S. The van der Waals surface area contributed by atoms with Crippen LogP contribution in [0.3, 0.4) is 0 Å². The lowest BCUT2D eigenvalue weighted by Gasteiger charge is -2.36. The number of rotatable bonds is 4. The van der Waals surface area contributed by atoms with Crippen molar-refractivity contribution < 1.29 is 12.8 Å². The molecule has 0 spiro atoms. The molecule has 7 heteroatoms. The van der Waals surface area contributed by atoms with Gasteiger partial charge in [0.25, 0.3) is 10.0 Å². The lowest BCUT2D eigenvalue weighted by atomic mass is 9.98. The molecule has 0 radical (unpaired) electrons. The lowest BCUT2D eigenvalue weighted by Crippen LogP contribution is -2.52. The molecule has 1 fully saturated rings. The molecule has 1 heterocycles. The SMILES string of the molecule is CN(C1(CN)CCCC1)S(=O)(=O)c1ncccc1F. The van der Waals surface area contributed by atoms with Gasteiger partial charge in [0.2, 0.25) is 5.03 Å². The number of sulfonamides is 1. The number of pyridine rings is 1. The van der Waals surface area contributed by atoms with Crippen LogP contribution < -0.4 is 5.73 Å². The topological polar surface area (TPSA) is 76.3 Å². The summed E-state index contributed by atoms with van der Waals surface area (Å²) >= 11 is 0. The summed E-state index contributed by atoms with van der Waals surface area (Å²) in [4.78, 5) is 3.66. The van der Waals surface area contributed by atoms with Gasteiger partial charge >= 0.3 is 0 Å². The van der Waals surface area contributed by atoms with Crippen molar-refractivity contribution in [3.63, 3.8) is 0 Å². The van der Waals surface area contributed by atoms with Gasteiger partial charge in [-0.1, -0.05) is 12.8 Å². The van der Waals surface area contributed by atoms with E-state index in [1.54, 1.807) is 0 Å². The van der Waals surface area contributed by atoms with Crippen molar-refractivity contribution in [1.29, 1.82) is 0 Å². The first-order valence-corrected chi connectivity index (χ1v) is 7.68. The van der Waals surface area contributed by atoms with Crippen molar-refractivity contribution in [1.82, 2.24) is 9.29 Å². The fraction of sp³-hybridized carbons (Fsp3) is 0.583. The zero-order valence-electron chi connectivity index (χ0n) is 10.8. The molecule has 0 aromatic carbocycles. The van der Waals surface area contributed by atoms with Crippen LogP contribution in [0.5, 0.6) is 0 Å². The molecule has 2 N–H and O–H groups in total. The van der Waals surface area contributed by atoms with Crippen LogP contribution in [0.15, 0.2) is 23.4 Å². The predicted octanol–water partition coefficient (Wildman–Crippen LogP) is 1.11. The third kappa shape index (κ3) is 2.37. The Morgan fingerprint density at radius 1 is 1.47 bits per heavy atom. The quantitative estimate of drug-likeness (QED) is 0.900. The second-order valence-electron chi connectivity index (χ2n) is 4.90. The highest BCUT2D eigenvalue weighted by molar-refractivity contribution is 7.89. The van der Waals surface area contributed by atoms with Crippen LogP contribution in [0, 0.1) is 5.82 Å². The van der Waals surface area contributed by atoms with Crippen LogP contribution in [0.4, 0.5) is 4.39 Å². The average molecular weight is 287 g/mol. The van der Waals surface area contributed by atoms with Crippen LogP contribution in [-0.2, 0) is 10.0 Å². The Morgan fingerprint density at radius 3 is 2.63 bits per heavy atom. The van der Waals surface area contributed by atoms with E-state index in [4.69, 9.17) is 5.73 Å². The third-order valence-corrected chi connectivity index (χ3v) is 5.81. The van der Waals surface area contributed by atoms with E-state index in [0.29, 0.717) is 12.8 Å². The fourth-order valence-corrected chi connectivity index (χ4v) is 4.16. The molecule has 0 bridgehead atoms. The summed E-state index contributed by atoms with van der Waals surface area (Å²) in [6.45, 7) is 0.233. The number of aromatic nitrogens is 1. The van der Waals surface area contributed by atoms with Gasteiger partial charge in [-0.25, -0.2) is 17.8 Å². The Bertz CT molecular complexity index is 556. The fourth-order valence-electron chi connectivity index (χ4n) is 2.63. The van der Waals surface area contributed by atoms with E-state index >= 15 is 0 Å². The Kier molecular flexibility index (Phi) is 3.89. The monoisotopic (exact) mass is 287 g/mol. The van der Waals surface area contributed by atoms with E-state index in [0.717, 1.165) is 18.9 Å². The largest absolute Gasteiger partial charge is 0.329 e. The van der Waals surface area contributed by atoms with Gasteiger partial charge in [-0.15, -0.1) is 0 Å². The van der Waals surface area contributed by atoms with E-state index < -0.39 is 26.4 Å². The standard InChI is InChI=1S/C12H18FN3O2S/c1-16(12(9-14)6-2-3-7-12)19(17,18)11-10(13)5-4-8-15-11/h4-5,8H,2-3,6-7,9,14H2,1H3. The summed E-state index contributed by atoms with van der Waals surface area (Å²) < 4.78 is 39.8. The Labute approximate surface area is 112 Å². The summed E-state index contributed by atoms with van der Waals surface area (Å²) in [5.74, 6) is -0.834. The minimum absolute atomic E-state index is 0.233. The maximum Gasteiger partial charge on any atom is 0.263 e. The smallest absolute Gasteiger partial charge is 0.263 e. The number of nitrogens with two attached hydrogens (primary N) is 1. The van der Waals surface area contributed by atoms with Crippen LogP contribution >= 0.6 is 0 Å². The number of hydrogen-bond acceptors (Lipinski definition) is 4. The zero-order valence-corrected chi connectivity index (χ0v) is 11.7. The van der Waals surface area contributed by atoms with Crippen molar-refractivity contribution in [3.8, 4) is 0 Å². The first kappa shape index (κ1) is 14.4. The van der Waals surface area contributed by atoms with Gasteiger partial charge in [0.1, 0.15) is 0 Å². The molecular weight excluding hydrogens is 269 g/mol. The van der Waals surface area contributed by atoms with Crippen molar-refractivity contribution in [2.75, 3.05) is 13.6 Å². The number of nitrogens with zero attached hydrogens (tertiary/aromatic N) is 2. The van der Waals surface area contributed by atoms with Crippen molar-refractivity contribution in [3.05, 3.63) is 24.1 Å². The first-order chi connectivity index (χ1) is 8.94. The minimum atomic E-state index is -3.96. The number of hydrogen-bond donors (Lipinski definition) is 1. The minimum Gasteiger partial charge on any atom is -0.329 e. The second kappa shape index (κ2) is 5.15. The normalized spacial score (nSPS) is 18.9. The molecule has 106 valence electrons. The summed E-state index contributed by atoms with van der Waals surface area (Å²) in [5, 5.41) is -0.530. The van der Waals surface area contributed by atoms with E-state index in [2.05, 4.69) is 4.98 Å². The summed E-state index contributed by atoms with van der Waals surface area (Å²) in [7, 11) is -2.50. The van der Waals surface area contributed by atoms with Crippen LogP contribution in [0.2, 0.25) is 0 Å². The molecule has 19 heavy (non-hydrogen) atoms. The summed E-state index contributed by atoms with van der Waals surface area (Å²) in [6.07, 6.45) is 4.54. The van der Waals surface area contributed by atoms with E-state index in [1.807, 2.05) is 0 Å². The van der Waals surface area contributed by atoms with E-state index in [9.17, 15) is 12.8 Å². The van der Waals surface area contributed by atoms with Crippen LogP contribution in [-0.4, -0.2) is 36.8 Å². The zero-order chi connectivity index (χ0) is 14.1. The van der Waals surface area contributed by atoms with Gasteiger partial charge in [-0.05, 0) is 25.0 Å². The van der Waals surface area contributed by atoms with Crippen molar-refractivity contribution in [2.24, 2.45) is 5.73 Å². The van der Waals surface area contributed by atoms with Gasteiger partial charge in [0.05, 0.1) is 0 Å². The molecule has 0 unspecified atom stereocenters. The molecule has 1 aliphatic rings. The van der Waals surface area contributed by atoms with Gasteiger partial charge in [0.15, 0.2) is 5.82 Å². The van der Waals surface area contributed by atoms with Crippen molar-refractivity contribution >= 4 is 10.0 Å². The molecule has 1 aromatic heterocycles. The van der Waals surface area contributed by atoms with Gasteiger partial charge in [-0.2, -0.15) is 4.31 Å². The molecule has 2 rings (SSSR count). The lowest BCUT2D eigenvalue weighted by molar-refractivity contribution is 0.229. The second-order valence-corrected chi connectivity index (χ2v) is 6.78. The third-order valence-electron chi connectivity index (χ3n) is 3.91. The first-order valence-electron chi connectivity index (χ1n) is 6.24. The highest BCUT2D eigenvalue weighted by Gasteiger charge is 2.43. The van der Waals surface area contributed by atoms with Gasteiger partial charge < -0.3 is 5.73 Å². The number of halogens is 1. The van der Waals surface area contributed by atoms with Gasteiger partial charge in [-0.3, -0.25) is 0 Å². The van der Waals surface area contributed by atoms with Gasteiger partial charge in [0, 0.05) is 25.3 Å². The van der Waals surface area contributed by atoms with E-state index in [1.165, 1.54) is 23.6 Å². The van der Waals surface area contributed by atoms with E-state index in [-0.39, 0.29) is 6.54 Å². The van der Waals surface area contributed by atoms with Crippen molar-refractivity contribution in [2.45, 2.75) is 36.2 Å². The summed E-state index contributed by atoms with van der Waals surface area (Å²) in [6, 6.07) is 2.46. The molecule has 0 amide bonds.